The molecule has 22 heavy (non-hydrogen) atoms. The van der Waals surface area contributed by atoms with E-state index in [1.165, 1.54) is 27.9 Å². The molecule has 0 saturated carbocycles. The fourth-order valence-electron chi connectivity index (χ4n) is 2.33. The molecule has 0 unspecified atom stereocenters. The summed E-state index contributed by atoms with van der Waals surface area (Å²) in [5.74, 6) is 2.08. The van der Waals surface area contributed by atoms with E-state index in [9.17, 15) is 0 Å². The molecular weight excluding hydrogens is 389 g/mol. The van der Waals surface area contributed by atoms with Crippen molar-refractivity contribution in [1.29, 1.82) is 0 Å². The summed E-state index contributed by atoms with van der Waals surface area (Å²) in [6, 6.07) is 17.2. The van der Waals surface area contributed by atoms with Crippen LogP contribution >= 0.6 is 0 Å². The normalized spacial score (nSPS) is 11.8. The van der Waals surface area contributed by atoms with E-state index in [1.54, 1.807) is 28.0 Å². The first kappa shape index (κ1) is 19.4. The number of halogens is 2. The fraction of sp³-hybridized carbons (Fsp3) is 0.0556. The Morgan fingerprint density at radius 1 is 0.864 bits per heavy atom. The zero-order valence-corrected chi connectivity index (χ0v) is 15.9. The Morgan fingerprint density at radius 3 is 2.14 bits per heavy atom. The zero-order valence-electron chi connectivity index (χ0n) is 12.0. The number of hydrogen-bond acceptors (Lipinski definition) is 0. The van der Waals surface area contributed by atoms with Crippen LogP contribution in [0.1, 0.15) is 6.42 Å². The van der Waals surface area contributed by atoms with Crippen LogP contribution in [0, 0.1) is 0 Å². The molecule has 4 rings (SSSR count). The predicted octanol–water partition coefficient (Wildman–Crippen LogP) is -1.28. The van der Waals surface area contributed by atoms with Gasteiger partial charge in [-0.25, -0.2) is 0 Å². The first-order valence-electron chi connectivity index (χ1n) is 6.78. The Hall–Kier alpha value is -0.682. The molecule has 1 aliphatic carbocycles. The predicted molar refractivity (Wildman–Crippen MR) is 84.6 cm³/mol. The van der Waals surface area contributed by atoms with Gasteiger partial charge in [0.2, 0.25) is 0 Å². The quantitative estimate of drug-likeness (QED) is 0.411. The maximum absolute atomic E-state index is 2.24. The molecule has 0 aliphatic heterocycles. The molecule has 1 heterocycles. The summed E-state index contributed by atoms with van der Waals surface area (Å²) in [6.07, 6.45) is 7.69. The topological polar surface area (TPSA) is 0 Å². The fourth-order valence-corrected chi connectivity index (χ4v) is 2.86. The van der Waals surface area contributed by atoms with Gasteiger partial charge < -0.3 is 24.8 Å². The molecule has 0 nitrogen and oxygen atoms in total. The monoisotopic (exact) mass is 401 g/mol. The van der Waals surface area contributed by atoms with Gasteiger partial charge in [0.25, 0.3) is 0 Å². The van der Waals surface area contributed by atoms with Crippen LogP contribution in [-0.4, -0.2) is 6.91 Å². The molecule has 107 valence electrons. The van der Waals surface area contributed by atoms with E-state index in [0.717, 1.165) is 0 Å². The third kappa shape index (κ3) is 4.91. The van der Waals surface area contributed by atoms with Gasteiger partial charge in [-0.3, -0.25) is 0 Å². The molecule has 1 aliphatic rings. The van der Waals surface area contributed by atoms with E-state index in [0.29, 0.717) is 0 Å². The molecule has 4 heteroatoms. The number of fused-ring (bicyclic) bond motifs is 2. The zero-order chi connectivity index (χ0) is 13.8. The van der Waals surface area contributed by atoms with E-state index in [4.69, 9.17) is 0 Å². The van der Waals surface area contributed by atoms with Crippen molar-refractivity contribution in [2.45, 2.75) is 6.42 Å². The SMILES string of the molecule is [Cl-].[Cl-].[Zr+2][C]1=CC=CC1.b1cccc2cc3ccccc3cc12. The van der Waals surface area contributed by atoms with E-state index < -0.39 is 0 Å². The molecule has 1 aromatic heterocycles. The molecule has 0 atom stereocenters. The minimum absolute atomic E-state index is 0. The van der Waals surface area contributed by atoms with Crippen LogP contribution in [-0.2, 0) is 24.7 Å². The molecule has 0 spiro atoms. The van der Waals surface area contributed by atoms with Crippen molar-refractivity contribution in [3.8, 4) is 0 Å². The van der Waals surface area contributed by atoms with Crippen molar-refractivity contribution in [3.63, 3.8) is 0 Å². The van der Waals surface area contributed by atoms with Gasteiger partial charge in [0, 0.05) is 0 Å². The maximum atomic E-state index is 2.24. The summed E-state index contributed by atoms with van der Waals surface area (Å²) in [4.78, 5) is 0. The minimum atomic E-state index is 0. The summed E-state index contributed by atoms with van der Waals surface area (Å²) in [5, 5.41) is 5.25. The molecular formula is C18H14BCl2Zr. The van der Waals surface area contributed by atoms with Crippen molar-refractivity contribution >= 4 is 28.4 Å². The van der Waals surface area contributed by atoms with Gasteiger partial charge in [0.15, 0.2) is 0 Å². The van der Waals surface area contributed by atoms with Gasteiger partial charge in [-0.05, 0) is 0 Å². The first-order chi connectivity index (χ1) is 9.83. The molecule has 0 fully saturated rings. The van der Waals surface area contributed by atoms with E-state index in [-0.39, 0.29) is 24.8 Å². The van der Waals surface area contributed by atoms with Gasteiger partial charge in [-0.1, -0.05) is 0 Å². The van der Waals surface area contributed by atoms with E-state index >= 15 is 0 Å². The Morgan fingerprint density at radius 2 is 1.55 bits per heavy atom. The molecule has 3 aromatic rings. The summed E-state index contributed by atoms with van der Waals surface area (Å²) in [5.41, 5.74) is 0. The molecule has 0 radical (unpaired) electrons. The third-order valence-corrected chi connectivity index (χ3v) is 4.30. The average molecular weight is 403 g/mol. The number of benzene rings is 2. The first-order valence-corrected chi connectivity index (χ1v) is 8.01. The van der Waals surface area contributed by atoms with Crippen LogP contribution in [0.4, 0.5) is 0 Å². The van der Waals surface area contributed by atoms with Crippen molar-refractivity contribution in [2.75, 3.05) is 0 Å². The number of hydrogen-bond donors (Lipinski definition) is 0. The van der Waals surface area contributed by atoms with Crippen LogP contribution < -0.4 is 24.8 Å². The summed E-state index contributed by atoms with van der Waals surface area (Å²) in [6.45, 7) is 2.15. The molecule has 0 bridgehead atoms. The van der Waals surface area contributed by atoms with Gasteiger partial charge in [-0.15, -0.1) is 0 Å². The Labute approximate surface area is 159 Å². The van der Waals surface area contributed by atoms with Crippen molar-refractivity contribution in [1.82, 2.24) is 0 Å². The second-order valence-electron chi connectivity index (χ2n) is 4.87. The Bertz CT molecular complexity index is 707. The van der Waals surface area contributed by atoms with Crippen molar-refractivity contribution < 1.29 is 49.5 Å². The third-order valence-electron chi connectivity index (χ3n) is 3.39. The van der Waals surface area contributed by atoms with Crippen LogP contribution in [0.5, 0.6) is 0 Å². The van der Waals surface area contributed by atoms with E-state index in [1.807, 2.05) is 0 Å². The molecule has 0 saturated heterocycles. The van der Waals surface area contributed by atoms with Gasteiger partial charge >= 0.3 is 135 Å². The van der Waals surface area contributed by atoms with Crippen molar-refractivity contribution in [3.05, 3.63) is 76.0 Å². The average Bonchev–Trinajstić information content (AvgIpc) is 2.97. The molecule has 0 amide bonds. The Balaban J connectivity index is 0.000000261. The number of allylic oxidation sites excluding steroid dienone is 4. The van der Waals surface area contributed by atoms with Gasteiger partial charge in [-0.2, -0.15) is 0 Å². The number of rotatable bonds is 0. The van der Waals surface area contributed by atoms with Crippen LogP contribution in [0.25, 0.3) is 21.4 Å². The van der Waals surface area contributed by atoms with Gasteiger partial charge in [0.05, 0.1) is 0 Å². The molecule has 2 aromatic carbocycles. The summed E-state index contributed by atoms with van der Waals surface area (Å²) >= 11 is 1.56. The van der Waals surface area contributed by atoms with Crippen LogP contribution in [0.2, 0.25) is 0 Å². The van der Waals surface area contributed by atoms with E-state index in [2.05, 4.69) is 79.6 Å². The second kappa shape index (κ2) is 9.46. The molecule has 0 N–H and O–H groups in total. The van der Waals surface area contributed by atoms with Crippen LogP contribution in [0.3, 0.4) is 0 Å². The van der Waals surface area contributed by atoms with Crippen LogP contribution in [0.15, 0.2) is 76.0 Å². The standard InChI is InChI=1S/C13H9B.C5H5.2ClH.Zr/c1-2-5-11-9-13-12(6-3-7-14-13)8-10(11)4-1;1-2-4-5-3-1;;;/h1-9H;1-3H,4H2;2*1H;/q;;;;+2/p-2. The second-order valence-corrected chi connectivity index (χ2v) is 6.45. The summed E-state index contributed by atoms with van der Waals surface area (Å²) in [7, 11) is 0. The summed E-state index contributed by atoms with van der Waals surface area (Å²) < 4.78 is 1.56. The van der Waals surface area contributed by atoms with Crippen molar-refractivity contribution in [2.24, 2.45) is 0 Å². The Kier molecular flexibility index (Phi) is 8.32. The van der Waals surface area contributed by atoms with Gasteiger partial charge in [0.1, 0.15) is 0 Å².